The van der Waals surface area contributed by atoms with E-state index >= 15 is 0 Å². The molecule has 168 valence electrons. The molecule has 0 aromatic heterocycles. The van der Waals surface area contributed by atoms with Gasteiger partial charge in [-0.05, 0) is 36.8 Å². The summed E-state index contributed by atoms with van der Waals surface area (Å²) in [6, 6.07) is 12.9. The van der Waals surface area contributed by atoms with Crippen molar-refractivity contribution in [3.05, 3.63) is 65.7 Å². The molecule has 0 unspecified atom stereocenters. The van der Waals surface area contributed by atoms with E-state index in [0.717, 1.165) is 29.8 Å². The Balaban J connectivity index is 1.53. The third kappa shape index (κ3) is 5.84. The Hall–Kier alpha value is -2.43. The van der Waals surface area contributed by atoms with Gasteiger partial charge in [-0.1, -0.05) is 30.3 Å². The lowest BCUT2D eigenvalue weighted by molar-refractivity contribution is -0.137. The molecule has 1 saturated heterocycles. The molecule has 1 heterocycles. The molecule has 31 heavy (non-hydrogen) atoms. The van der Waals surface area contributed by atoms with Crippen molar-refractivity contribution in [3.63, 3.8) is 0 Å². The zero-order chi connectivity index (χ0) is 22.6. The summed E-state index contributed by atoms with van der Waals surface area (Å²) in [7, 11) is -3.89. The third-order valence-corrected chi connectivity index (χ3v) is 7.11. The topological polar surface area (TPSA) is 69.7 Å². The highest BCUT2D eigenvalue weighted by Gasteiger charge is 2.32. The third-order valence-electron chi connectivity index (χ3n) is 5.19. The van der Waals surface area contributed by atoms with E-state index in [4.69, 9.17) is 0 Å². The molecule has 1 amide bonds. The predicted molar refractivity (Wildman–Crippen MR) is 110 cm³/mol. The molecular formula is C21H24F3N3O3S. The first kappa shape index (κ1) is 23.2. The van der Waals surface area contributed by atoms with Gasteiger partial charge in [0.15, 0.2) is 0 Å². The van der Waals surface area contributed by atoms with E-state index < -0.39 is 21.8 Å². The summed E-state index contributed by atoms with van der Waals surface area (Å²) in [5, 5.41) is 2.92. The molecule has 6 nitrogen and oxygen atoms in total. The Morgan fingerprint density at radius 1 is 1.00 bits per heavy atom. The molecule has 0 aliphatic carbocycles. The molecule has 2 aromatic carbocycles. The number of piperazine rings is 1. The number of carbonyl (C=O) groups is 1. The Bertz CT molecular complexity index is 988. The number of hydrogen-bond donors (Lipinski definition) is 1. The fourth-order valence-electron chi connectivity index (χ4n) is 3.41. The van der Waals surface area contributed by atoms with E-state index in [2.05, 4.69) is 5.32 Å². The minimum Gasteiger partial charge on any atom is -0.348 e. The Morgan fingerprint density at radius 2 is 1.58 bits per heavy atom. The highest BCUT2D eigenvalue weighted by atomic mass is 32.2. The SMILES string of the molecule is C[C@@H](NC(=O)CN1CCN(S(=O)(=O)c2ccc(C(F)(F)F)cc2)CC1)c1ccccc1. The van der Waals surface area contributed by atoms with E-state index in [9.17, 15) is 26.4 Å². The van der Waals surface area contributed by atoms with Gasteiger partial charge in [-0.15, -0.1) is 0 Å². The molecule has 3 rings (SSSR count). The molecule has 2 aromatic rings. The van der Waals surface area contributed by atoms with Gasteiger partial charge >= 0.3 is 6.18 Å². The second kappa shape index (κ2) is 9.37. The van der Waals surface area contributed by atoms with Crippen LogP contribution < -0.4 is 5.32 Å². The van der Waals surface area contributed by atoms with Crippen LogP contribution in [-0.2, 0) is 21.0 Å². The van der Waals surface area contributed by atoms with Gasteiger partial charge in [0.1, 0.15) is 0 Å². The van der Waals surface area contributed by atoms with Crippen molar-refractivity contribution in [2.45, 2.75) is 24.0 Å². The number of halogens is 3. The van der Waals surface area contributed by atoms with Crippen LogP contribution in [-0.4, -0.2) is 56.3 Å². The molecule has 0 radical (unpaired) electrons. The van der Waals surface area contributed by atoms with Gasteiger partial charge in [-0.25, -0.2) is 8.42 Å². The van der Waals surface area contributed by atoms with Crippen LogP contribution >= 0.6 is 0 Å². The summed E-state index contributed by atoms with van der Waals surface area (Å²) in [6.07, 6.45) is -4.52. The van der Waals surface area contributed by atoms with Crippen molar-refractivity contribution < 1.29 is 26.4 Å². The number of nitrogens with one attached hydrogen (secondary N) is 1. The van der Waals surface area contributed by atoms with Crippen molar-refractivity contribution in [2.24, 2.45) is 0 Å². The summed E-state index contributed by atoms with van der Waals surface area (Å²) < 4.78 is 64.8. The number of sulfonamides is 1. The van der Waals surface area contributed by atoms with E-state index in [-0.39, 0.29) is 36.5 Å². The molecule has 1 aliphatic rings. The lowest BCUT2D eigenvalue weighted by atomic mass is 10.1. The van der Waals surface area contributed by atoms with Crippen molar-refractivity contribution in [1.82, 2.24) is 14.5 Å². The molecule has 1 N–H and O–H groups in total. The first-order chi connectivity index (χ1) is 14.6. The van der Waals surface area contributed by atoms with Crippen molar-refractivity contribution in [1.29, 1.82) is 0 Å². The summed E-state index contributed by atoms with van der Waals surface area (Å²) >= 11 is 0. The summed E-state index contributed by atoms with van der Waals surface area (Å²) in [6.45, 7) is 3.06. The Labute approximate surface area is 179 Å². The zero-order valence-electron chi connectivity index (χ0n) is 17.0. The van der Waals surface area contributed by atoms with Crippen LogP contribution in [0.1, 0.15) is 24.1 Å². The smallest absolute Gasteiger partial charge is 0.348 e. The van der Waals surface area contributed by atoms with E-state index in [0.29, 0.717) is 13.1 Å². The molecule has 0 spiro atoms. The number of nitrogens with zero attached hydrogens (tertiary/aromatic N) is 2. The average molecular weight is 456 g/mol. The molecule has 10 heteroatoms. The largest absolute Gasteiger partial charge is 0.416 e. The van der Waals surface area contributed by atoms with Crippen molar-refractivity contribution in [2.75, 3.05) is 32.7 Å². The monoisotopic (exact) mass is 455 g/mol. The van der Waals surface area contributed by atoms with Gasteiger partial charge in [0.05, 0.1) is 23.0 Å². The van der Waals surface area contributed by atoms with Crippen molar-refractivity contribution >= 4 is 15.9 Å². The van der Waals surface area contributed by atoms with Crippen LogP contribution in [0.2, 0.25) is 0 Å². The van der Waals surface area contributed by atoms with Crippen LogP contribution in [0.5, 0.6) is 0 Å². The fraction of sp³-hybridized carbons (Fsp3) is 0.381. The minimum atomic E-state index is -4.52. The van der Waals surface area contributed by atoms with Gasteiger partial charge in [0.2, 0.25) is 15.9 Å². The summed E-state index contributed by atoms with van der Waals surface area (Å²) in [5.41, 5.74) is 0.0929. The maximum Gasteiger partial charge on any atom is 0.416 e. The number of hydrogen-bond acceptors (Lipinski definition) is 4. The van der Waals surface area contributed by atoms with Gasteiger partial charge in [-0.2, -0.15) is 17.5 Å². The maximum atomic E-state index is 12.7. The standard InChI is InChI=1S/C21H24F3N3O3S/c1-16(17-5-3-2-4-6-17)25-20(28)15-26-11-13-27(14-12-26)31(29,30)19-9-7-18(8-10-19)21(22,23)24/h2-10,16H,11-15H2,1H3,(H,25,28)/t16-/m1/s1. The maximum absolute atomic E-state index is 12.7. The number of carbonyl (C=O) groups excluding carboxylic acids is 1. The highest BCUT2D eigenvalue weighted by molar-refractivity contribution is 7.89. The van der Waals surface area contributed by atoms with Crippen LogP contribution in [0, 0.1) is 0 Å². The van der Waals surface area contributed by atoms with Gasteiger partial charge < -0.3 is 5.32 Å². The fourth-order valence-corrected chi connectivity index (χ4v) is 4.83. The lowest BCUT2D eigenvalue weighted by Gasteiger charge is -2.33. The van der Waals surface area contributed by atoms with Crippen LogP contribution in [0.4, 0.5) is 13.2 Å². The first-order valence-corrected chi connectivity index (χ1v) is 11.3. The molecule has 1 aliphatic heterocycles. The van der Waals surface area contributed by atoms with E-state index in [1.807, 2.05) is 42.2 Å². The quantitative estimate of drug-likeness (QED) is 0.727. The average Bonchev–Trinajstić information content (AvgIpc) is 2.74. The second-order valence-corrected chi connectivity index (χ2v) is 9.34. The van der Waals surface area contributed by atoms with Crippen molar-refractivity contribution in [3.8, 4) is 0 Å². The minimum absolute atomic E-state index is 0.143. The Kier molecular flexibility index (Phi) is 7.03. The van der Waals surface area contributed by atoms with Gasteiger partial charge in [0, 0.05) is 26.2 Å². The lowest BCUT2D eigenvalue weighted by Crippen LogP contribution is -2.51. The molecule has 1 fully saturated rings. The van der Waals surface area contributed by atoms with Crippen LogP contribution in [0.3, 0.4) is 0 Å². The number of amides is 1. The summed E-state index contributed by atoms with van der Waals surface area (Å²) in [5.74, 6) is -0.157. The van der Waals surface area contributed by atoms with E-state index in [1.54, 1.807) is 0 Å². The second-order valence-electron chi connectivity index (χ2n) is 7.40. The normalized spacial score (nSPS) is 17.3. The predicted octanol–water partition coefficient (Wildman–Crippen LogP) is 2.89. The van der Waals surface area contributed by atoms with Gasteiger partial charge in [-0.3, -0.25) is 9.69 Å². The van der Waals surface area contributed by atoms with E-state index in [1.165, 1.54) is 4.31 Å². The van der Waals surface area contributed by atoms with Crippen LogP contribution in [0.15, 0.2) is 59.5 Å². The highest BCUT2D eigenvalue weighted by Crippen LogP contribution is 2.30. The summed E-state index contributed by atoms with van der Waals surface area (Å²) in [4.78, 5) is 14.0. The van der Waals surface area contributed by atoms with Crippen LogP contribution in [0.25, 0.3) is 0 Å². The number of alkyl halides is 3. The zero-order valence-corrected chi connectivity index (χ0v) is 17.8. The molecular weight excluding hydrogens is 431 g/mol. The molecule has 0 bridgehead atoms. The first-order valence-electron chi connectivity index (χ1n) is 9.81. The van der Waals surface area contributed by atoms with Gasteiger partial charge in [0.25, 0.3) is 0 Å². The molecule has 0 saturated carbocycles. The molecule has 1 atom stereocenters. The number of rotatable bonds is 6. The Morgan fingerprint density at radius 3 is 2.13 bits per heavy atom. The number of benzene rings is 2.